The zero-order chi connectivity index (χ0) is 15.2. The second-order valence-electron chi connectivity index (χ2n) is 8.21. The first-order valence-electron chi connectivity index (χ1n) is 8.36. The fraction of sp³-hybridized carbons (Fsp3) is 0.889. The van der Waals surface area contributed by atoms with Gasteiger partial charge in [0.2, 0.25) is 0 Å². The van der Waals surface area contributed by atoms with E-state index in [9.17, 15) is 0 Å². The summed E-state index contributed by atoms with van der Waals surface area (Å²) in [6.45, 7) is 17.4. The van der Waals surface area contributed by atoms with Gasteiger partial charge in [-0.1, -0.05) is 11.6 Å². The van der Waals surface area contributed by atoms with Crippen LogP contribution in [0.4, 0.5) is 0 Å². The van der Waals surface area contributed by atoms with E-state index in [0.29, 0.717) is 5.54 Å². The second kappa shape index (κ2) is 7.61. The molecule has 0 saturated heterocycles. The minimum absolute atomic E-state index is 0.252. The Morgan fingerprint density at radius 2 is 1.60 bits per heavy atom. The number of unbranched alkanes of at least 4 members (excludes halogenated alkanes) is 1. The molecule has 20 heavy (non-hydrogen) atoms. The van der Waals surface area contributed by atoms with Crippen LogP contribution < -0.4 is 5.32 Å². The van der Waals surface area contributed by atoms with Crippen LogP contribution in [0.1, 0.15) is 73.6 Å². The summed E-state index contributed by atoms with van der Waals surface area (Å²) in [5.74, 6) is 0. The van der Waals surface area contributed by atoms with Gasteiger partial charge in [-0.15, -0.1) is 0 Å². The highest BCUT2D eigenvalue weighted by molar-refractivity contribution is 5.21. The molecule has 1 aliphatic rings. The van der Waals surface area contributed by atoms with Gasteiger partial charge in [0.05, 0.1) is 0 Å². The summed E-state index contributed by atoms with van der Waals surface area (Å²) in [6, 6.07) is 0. The van der Waals surface area contributed by atoms with Gasteiger partial charge in [0.15, 0.2) is 0 Å². The van der Waals surface area contributed by atoms with Crippen LogP contribution in [0, 0.1) is 0 Å². The number of rotatable bonds is 9. The summed E-state index contributed by atoms with van der Waals surface area (Å²) in [6.07, 6.45) is 8.85. The highest BCUT2D eigenvalue weighted by Crippen LogP contribution is 2.24. The Morgan fingerprint density at radius 1 is 1.00 bits per heavy atom. The molecule has 0 atom stereocenters. The zero-order valence-corrected chi connectivity index (χ0v) is 14.7. The van der Waals surface area contributed by atoms with Crippen LogP contribution in [0.5, 0.6) is 0 Å². The lowest BCUT2D eigenvalue weighted by atomic mass is 10.0. The molecule has 0 aliphatic heterocycles. The fourth-order valence-corrected chi connectivity index (χ4v) is 2.45. The second-order valence-corrected chi connectivity index (χ2v) is 8.21. The minimum Gasteiger partial charge on any atom is -0.312 e. The minimum atomic E-state index is 0.252. The SMILES string of the molecule is CC(C)(C)NCCCCN(CCCC1=CC1)C(C)(C)C. The predicted molar refractivity (Wildman–Crippen MR) is 90.2 cm³/mol. The van der Waals surface area contributed by atoms with Crippen molar-refractivity contribution in [3.8, 4) is 0 Å². The summed E-state index contributed by atoms with van der Waals surface area (Å²) in [7, 11) is 0. The molecular weight excluding hydrogens is 244 g/mol. The molecule has 0 radical (unpaired) electrons. The molecule has 0 amide bonds. The van der Waals surface area contributed by atoms with Gasteiger partial charge < -0.3 is 5.32 Å². The monoisotopic (exact) mass is 280 g/mol. The Morgan fingerprint density at radius 3 is 2.10 bits per heavy atom. The van der Waals surface area contributed by atoms with Gasteiger partial charge in [-0.2, -0.15) is 0 Å². The van der Waals surface area contributed by atoms with Crippen molar-refractivity contribution in [2.45, 2.75) is 84.7 Å². The van der Waals surface area contributed by atoms with Crippen molar-refractivity contribution in [3.05, 3.63) is 11.6 Å². The van der Waals surface area contributed by atoms with E-state index in [1.54, 1.807) is 5.57 Å². The molecule has 0 spiro atoms. The molecule has 1 aliphatic carbocycles. The van der Waals surface area contributed by atoms with E-state index in [0.717, 1.165) is 6.54 Å². The molecule has 2 heteroatoms. The van der Waals surface area contributed by atoms with E-state index in [4.69, 9.17) is 0 Å². The Kier molecular flexibility index (Phi) is 6.74. The summed E-state index contributed by atoms with van der Waals surface area (Å²) < 4.78 is 0. The van der Waals surface area contributed by atoms with E-state index < -0.39 is 0 Å². The van der Waals surface area contributed by atoms with Gasteiger partial charge in [-0.25, -0.2) is 0 Å². The van der Waals surface area contributed by atoms with Gasteiger partial charge in [-0.05, 0) is 93.3 Å². The summed E-state index contributed by atoms with van der Waals surface area (Å²) in [5.41, 5.74) is 2.23. The van der Waals surface area contributed by atoms with Gasteiger partial charge in [-0.3, -0.25) is 4.90 Å². The number of hydrogen-bond donors (Lipinski definition) is 1. The topological polar surface area (TPSA) is 15.3 Å². The molecule has 0 aromatic carbocycles. The molecule has 2 nitrogen and oxygen atoms in total. The third kappa shape index (κ3) is 8.76. The Hall–Kier alpha value is -0.340. The van der Waals surface area contributed by atoms with Crippen molar-refractivity contribution >= 4 is 0 Å². The molecule has 0 aromatic heterocycles. The van der Waals surface area contributed by atoms with Crippen molar-refractivity contribution in [3.63, 3.8) is 0 Å². The highest BCUT2D eigenvalue weighted by Gasteiger charge is 2.20. The lowest BCUT2D eigenvalue weighted by molar-refractivity contribution is 0.132. The van der Waals surface area contributed by atoms with Gasteiger partial charge in [0, 0.05) is 11.1 Å². The van der Waals surface area contributed by atoms with E-state index in [1.807, 2.05) is 0 Å². The lowest BCUT2D eigenvalue weighted by Crippen LogP contribution is -2.43. The number of allylic oxidation sites excluding steroid dienone is 2. The van der Waals surface area contributed by atoms with Crippen molar-refractivity contribution in [1.82, 2.24) is 10.2 Å². The molecule has 0 heterocycles. The van der Waals surface area contributed by atoms with Crippen LogP contribution in [-0.4, -0.2) is 35.6 Å². The fourth-order valence-electron chi connectivity index (χ4n) is 2.45. The maximum absolute atomic E-state index is 3.57. The first-order valence-corrected chi connectivity index (χ1v) is 8.36. The Bertz CT molecular complexity index is 304. The smallest absolute Gasteiger partial charge is 0.0125 e. The first kappa shape index (κ1) is 17.7. The normalized spacial score (nSPS) is 15.7. The standard InChI is InChI=1S/C18H36N2/c1-17(2,3)19-13-7-8-14-20(18(4,5)6)15-9-10-16-11-12-16/h11,19H,7-10,12-15H2,1-6H3. The van der Waals surface area contributed by atoms with Crippen LogP contribution in [0.2, 0.25) is 0 Å². The maximum Gasteiger partial charge on any atom is 0.0125 e. The van der Waals surface area contributed by atoms with Crippen LogP contribution in [0.15, 0.2) is 11.6 Å². The van der Waals surface area contributed by atoms with Crippen LogP contribution in [0.3, 0.4) is 0 Å². The maximum atomic E-state index is 3.57. The molecule has 1 N–H and O–H groups in total. The lowest BCUT2D eigenvalue weighted by Gasteiger charge is -2.36. The van der Waals surface area contributed by atoms with Gasteiger partial charge in [0.1, 0.15) is 0 Å². The van der Waals surface area contributed by atoms with Crippen molar-refractivity contribution < 1.29 is 0 Å². The quantitative estimate of drug-likeness (QED) is 0.498. The van der Waals surface area contributed by atoms with Crippen molar-refractivity contribution in [2.24, 2.45) is 0 Å². The molecule has 0 aromatic rings. The number of hydrogen-bond acceptors (Lipinski definition) is 2. The van der Waals surface area contributed by atoms with Crippen molar-refractivity contribution in [1.29, 1.82) is 0 Å². The van der Waals surface area contributed by atoms with E-state index in [-0.39, 0.29) is 5.54 Å². The molecule has 0 saturated carbocycles. The summed E-state index contributed by atoms with van der Waals surface area (Å²) in [5, 5.41) is 3.57. The van der Waals surface area contributed by atoms with Crippen LogP contribution in [0.25, 0.3) is 0 Å². The third-order valence-electron chi connectivity index (χ3n) is 3.88. The van der Waals surface area contributed by atoms with Gasteiger partial charge >= 0.3 is 0 Å². The summed E-state index contributed by atoms with van der Waals surface area (Å²) in [4.78, 5) is 2.66. The Balaban J connectivity index is 2.17. The first-order chi connectivity index (χ1) is 9.18. The van der Waals surface area contributed by atoms with Gasteiger partial charge in [0.25, 0.3) is 0 Å². The van der Waals surface area contributed by atoms with Crippen LogP contribution in [-0.2, 0) is 0 Å². The van der Waals surface area contributed by atoms with E-state index in [1.165, 1.54) is 45.2 Å². The zero-order valence-electron chi connectivity index (χ0n) is 14.7. The molecule has 1 rings (SSSR count). The molecule has 0 fully saturated rings. The van der Waals surface area contributed by atoms with Crippen LogP contribution >= 0.6 is 0 Å². The molecule has 118 valence electrons. The Labute approximate surface area is 127 Å². The van der Waals surface area contributed by atoms with Crippen molar-refractivity contribution in [2.75, 3.05) is 19.6 Å². The number of nitrogens with zero attached hydrogens (tertiary/aromatic N) is 1. The molecule has 0 bridgehead atoms. The average Bonchev–Trinajstić information content (AvgIpc) is 3.07. The third-order valence-corrected chi connectivity index (χ3v) is 3.88. The number of nitrogens with one attached hydrogen (secondary N) is 1. The van der Waals surface area contributed by atoms with E-state index >= 15 is 0 Å². The molecular formula is C18H36N2. The average molecular weight is 280 g/mol. The molecule has 0 unspecified atom stereocenters. The predicted octanol–water partition coefficient (Wildman–Crippen LogP) is 4.37. The summed E-state index contributed by atoms with van der Waals surface area (Å²) >= 11 is 0. The highest BCUT2D eigenvalue weighted by atomic mass is 15.2. The van der Waals surface area contributed by atoms with E-state index in [2.05, 4.69) is 57.8 Å². The largest absolute Gasteiger partial charge is 0.312 e.